The molecule has 1 amide bonds. The zero-order valence-corrected chi connectivity index (χ0v) is 17.5. The van der Waals surface area contributed by atoms with Gasteiger partial charge in [-0.3, -0.25) is 4.79 Å². The minimum Gasteiger partial charge on any atom is -0.309 e. The van der Waals surface area contributed by atoms with E-state index in [1.54, 1.807) is 10.7 Å². The van der Waals surface area contributed by atoms with Crippen molar-refractivity contribution in [1.29, 1.82) is 0 Å². The molecule has 0 atom stereocenters. The Labute approximate surface area is 180 Å². The van der Waals surface area contributed by atoms with E-state index in [9.17, 15) is 4.79 Å². The van der Waals surface area contributed by atoms with Crippen molar-refractivity contribution >= 4 is 39.9 Å². The highest BCUT2D eigenvalue weighted by atomic mass is 32.1. The van der Waals surface area contributed by atoms with E-state index in [-0.39, 0.29) is 11.8 Å². The lowest BCUT2D eigenvalue weighted by Crippen LogP contribution is -2.13. The number of aromatic nitrogens is 7. The predicted molar refractivity (Wildman–Crippen MR) is 117 cm³/mol. The Balaban J connectivity index is 1.29. The van der Waals surface area contributed by atoms with Gasteiger partial charge in [-0.25, -0.2) is 14.2 Å². The van der Waals surface area contributed by atoms with Crippen molar-refractivity contribution in [3.05, 3.63) is 54.0 Å². The molecule has 4 aromatic heterocycles. The number of nitrogens with one attached hydrogen (secondary N) is 1. The number of hydrogen-bond acceptors (Lipinski definition) is 7. The van der Waals surface area contributed by atoms with Crippen LogP contribution in [0.5, 0.6) is 0 Å². The third kappa shape index (κ3) is 3.44. The third-order valence-electron chi connectivity index (χ3n) is 5.31. The Bertz CT molecular complexity index is 1440. The Morgan fingerprint density at radius 1 is 1.23 bits per heavy atom. The second kappa shape index (κ2) is 6.95. The first-order chi connectivity index (χ1) is 15.1. The molecule has 9 nitrogen and oxygen atoms in total. The fourth-order valence-electron chi connectivity index (χ4n) is 3.53. The summed E-state index contributed by atoms with van der Waals surface area (Å²) in [6.07, 6.45) is 3.65. The van der Waals surface area contributed by atoms with Crippen molar-refractivity contribution in [2.24, 2.45) is 5.92 Å². The normalized spacial score (nSPS) is 13.8. The number of carbonyl (C=O) groups excluding carboxylic acids is 1. The van der Waals surface area contributed by atoms with Gasteiger partial charge in [0.1, 0.15) is 5.52 Å². The van der Waals surface area contributed by atoms with Crippen LogP contribution in [0.1, 0.15) is 24.2 Å². The summed E-state index contributed by atoms with van der Waals surface area (Å²) in [5, 5.41) is 16.1. The fraction of sp³-hybridized carbons (Fsp3) is 0.238. The zero-order valence-electron chi connectivity index (χ0n) is 16.7. The molecule has 1 aromatic carbocycles. The average molecular weight is 430 g/mol. The summed E-state index contributed by atoms with van der Waals surface area (Å²) in [6.45, 7) is 2.46. The third-order valence-corrected chi connectivity index (χ3v) is 6.24. The van der Waals surface area contributed by atoms with Crippen molar-refractivity contribution in [2.75, 3.05) is 5.32 Å². The molecule has 31 heavy (non-hydrogen) atoms. The van der Waals surface area contributed by atoms with Gasteiger partial charge in [0.05, 0.1) is 34.5 Å². The van der Waals surface area contributed by atoms with Gasteiger partial charge in [-0.2, -0.15) is 9.47 Å². The van der Waals surface area contributed by atoms with Crippen LogP contribution in [0.4, 0.5) is 5.82 Å². The molecule has 0 aliphatic heterocycles. The lowest BCUT2D eigenvalue weighted by Gasteiger charge is -2.04. The van der Waals surface area contributed by atoms with E-state index in [4.69, 9.17) is 0 Å². The number of carbonyl (C=O) groups is 1. The maximum absolute atomic E-state index is 12.0. The summed E-state index contributed by atoms with van der Waals surface area (Å²) in [7, 11) is 0. The largest absolute Gasteiger partial charge is 0.309 e. The number of aryl methyl sites for hydroxylation is 1. The molecule has 1 fully saturated rings. The molecular weight excluding hydrogens is 412 g/mol. The highest BCUT2D eigenvalue weighted by molar-refractivity contribution is 7.09. The van der Waals surface area contributed by atoms with Crippen LogP contribution in [0.25, 0.3) is 27.1 Å². The molecule has 1 N–H and O–H groups in total. The lowest BCUT2D eigenvalue weighted by molar-refractivity contribution is -0.117. The molecule has 1 saturated carbocycles. The van der Waals surface area contributed by atoms with Gasteiger partial charge in [0.15, 0.2) is 11.5 Å². The van der Waals surface area contributed by atoms with Gasteiger partial charge in [0, 0.05) is 5.92 Å². The second-order valence-corrected chi connectivity index (χ2v) is 8.61. The second-order valence-electron chi connectivity index (χ2n) is 7.80. The highest BCUT2D eigenvalue weighted by Gasteiger charge is 2.30. The Kier molecular flexibility index (Phi) is 4.06. The highest BCUT2D eigenvalue weighted by Crippen LogP contribution is 2.30. The molecule has 6 rings (SSSR count). The van der Waals surface area contributed by atoms with Gasteiger partial charge in [-0.05, 0) is 67.2 Å². The molecule has 0 spiro atoms. The van der Waals surface area contributed by atoms with E-state index in [0.717, 1.165) is 45.7 Å². The predicted octanol–water partition coefficient (Wildman–Crippen LogP) is 3.30. The number of amides is 1. The first-order valence-electron chi connectivity index (χ1n) is 10.1. The molecule has 0 saturated heterocycles. The Morgan fingerprint density at radius 3 is 2.94 bits per heavy atom. The van der Waals surface area contributed by atoms with Crippen molar-refractivity contribution in [2.45, 2.75) is 26.3 Å². The van der Waals surface area contributed by atoms with E-state index < -0.39 is 0 Å². The average Bonchev–Trinajstić information content (AvgIpc) is 3.23. The Hall–Kier alpha value is -3.66. The molecule has 0 bridgehead atoms. The number of rotatable bonds is 5. The summed E-state index contributed by atoms with van der Waals surface area (Å²) in [6, 6.07) is 12.0. The van der Waals surface area contributed by atoms with E-state index in [2.05, 4.69) is 42.2 Å². The van der Waals surface area contributed by atoms with Gasteiger partial charge in [-0.15, -0.1) is 5.10 Å². The molecule has 1 aliphatic rings. The van der Waals surface area contributed by atoms with Crippen molar-refractivity contribution in [3.63, 3.8) is 0 Å². The van der Waals surface area contributed by atoms with Crippen LogP contribution in [-0.4, -0.2) is 39.9 Å². The number of nitrogens with zero attached hydrogens (tertiary/aromatic N) is 7. The number of hydrogen-bond donors (Lipinski definition) is 1. The first kappa shape index (κ1) is 18.1. The number of anilines is 1. The molecule has 0 radical (unpaired) electrons. The topological polar surface area (TPSA) is 103 Å². The standard InChI is InChI=1S/C21H18N8OS/c1-12-8-18(31-26-12)14-4-6-16-17(9-14)28(27-24-16)10-15-5-7-20-22-19(11-29(20)25-15)23-21(30)13-2-3-13/h4-9,11,13H,2-3,10H2,1H3,(H,23,30). The van der Waals surface area contributed by atoms with Crippen LogP contribution >= 0.6 is 11.5 Å². The van der Waals surface area contributed by atoms with E-state index in [0.29, 0.717) is 18.0 Å². The number of benzene rings is 1. The number of imidazole rings is 1. The minimum absolute atomic E-state index is 0.0321. The van der Waals surface area contributed by atoms with Gasteiger partial charge in [-0.1, -0.05) is 11.3 Å². The molecule has 1 aliphatic carbocycles. The molecule has 4 heterocycles. The quantitative estimate of drug-likeness (QED) is 0.459. The van der Waals surface area contributed by atoms with E-state index >= 15 is 0 Å². The molecule has 0 unspecified atom stereocenters. The van der Waals surface area contributed by atoms with Crippen molar-refractivity contribution < 1.29 is 4.79 Å². The first-order valence-corrected chi connectivity index (χ1v) is 10.8. The summed E-state index contributed by atoms with van der Waals surface area (Å²) < 4.78 is 7.90. The maximum atomic E-state index is 12.0. The molecule has 5 aromatic rings. The summed E-state index contributed by atoms with van der Waals surface area (Å²) in [4.78, 5) is 17.5. The minimum atomic E-state index is 0.0321. The van der Waals surface area contributed by atoms with Crippen LogP contribution in [0.3, 0.4) is 0 Å². The van der Waals surface area contributed by atoms with Gasteiger partial charge < -0.3 is 5.32 Å². The van der Waals surface area contributed by atoms with Crippen LogP contribution in [-0.2, 0) is 11.3 Å². The Morgan fingerprint density at radius 2 is 2.13 bits per heavy atom. The molecule has 10 heteroatoms. The van der Waals surface area contributed by atoms with E-state index in [1.165, 1.54) is 11.5 Å². The molecular formula is C21H18N8OS. The van der Waals surface area contributed by atoms with Gasteiger partial charge in [0.2, 0.25) is 5.91 Å². The van der Waals surface area contributed by atoms with Crippen LogP contribution in [0.2, 0.25) is 0 Å². The fourth-order valence-corrected chi connectivity index (χ4v) is 4.28. The van der Waals surface area contributed by atoms with Gasteiger partial charge >= 0.3 is 0 Å². The summed E-state index contributed by atoms with van der Waals surface area (Å²) in [5.41, 5.74) is 5.37. The van der Waals surface area contributed by atoms with Crippen molar-refractivity contribution in [3.8, 4) is 10.4 Å². The zero-order chi connectivity index (χ0) is 20.9. The summed E-state index contributed by atoms with van der Waals surface area (Å²) >= 11 is 1.48. The lowest BCUT2D eigenvalue weighted by atomic mass is 10.1. The maximum Gasteiger partial charge on any atom is 0.228 e. The smallest absolute Gasteiger partial charge is 0.228 e. The van der Waals surface area contributed by atoms with Crippen LogP contribution in [0, 0.1) is 12.8 Å². The van der Waals surface area contributed by atoms with Gasteiger partial charge in [0.25, 0.3) is 0 Å². The van der Waals surface area contributed by atoms with Crippen LogP contribution in [0.15, 0.2) is 42.6 Å². The van der Waals surface area contributed by atoms with Crippen LogP contribution < -0.4 is 5.32 Å². The molecule has 154 valence electrons. The van der Waals surface area contributed by atoms with E-state index in [1.807, 2.05) is 35.9 Å². The number of fused-ring (bicyclic) bond motifs is 2. The SMILES string of the molecule is Cc1cc(-c2ccc3nnn(Cc4ccc5nc(NC(=O)C6CC6)cn5n4)c3c2)sn1. The monoisotopic (exact) mass is 430 g/mol. The van der Waals surface area contributed by atoms with Crippen molar-refractivity contribution in [1.82, 2.24) is 34.0 Å². The summed E-state index contributed by atoms with van der Waals surface area (Å²) in [5.74, 6) is 0.689.